The highest BCUT2D eigenvalue weighted by molar-refractivity contribution is 7.17. The Kier molecular flexibility index (Phi) is 3.17. The van der Waals surface area contributed by atoms with Crippen LogP contribution in [0.4, 0.5) is 0 Å². The number of nitrogens with one attached hydrogen (secondary N) is 1. The molecule has 0 radical (unpaired) electrons. The minimum Gasteiger partial charge on any atom is -0.317 e. The fourth-order valence-electron chi connectivity index (χ4n) is 2.76. The zero-order valence-electron chi connectivity index (χ0n) is 10.3. The lowest BCUT2D eigenvalue weighted by Crippen LogP contribution is -2.26. The van der Waals surface area contributed by atoms with Crippen LogP contribution in [0.3, 0.4) is 0 Å². The zero-order valence-corrected chi connectivity index (χ0v) is 11.1. The fraction of sp³-hybridized carbons (Fsp3) is 0.467. The zero-order chi connectivity index (χ0) is 11.7. The van der Waals surface area contributed by atoms with Gasteiger partial charge in [-0.3, -0.25) is 0 Å². The molecule has 1 nitrogen and oxygen atoms in total. The summed E-state index contributed by atoms with van der Waals surface area (Å²) < 4.78 is 1.45. The Bertz CT molecular complexity index is 509. The van der Waals surface area contributed by atoms with Crippen LogP contribution in [0, 0.1) is 0 Å². The van der Waals surface area contributed by atoms with Crippen molar-refractivity contribution in [3.63, 3.8) is 0 Å². The summed E-state index contributed by atoms with van der Waals surface area (Å²) in [5, 5.41) is 7.35. The Morgan fingerprint density at radius 3 is 2.88 bits per heavy atom. The molecule has 0 atom stereocenters. The van der Waals surface area contributed by atoms with Crippen LogP contribution in [-0.2, 0) is 6.42 Å². The maximum atomic E-state index is 3.45. The van der Waals surface area contributed by atoms with Gasteiger partial charge in [-0.25, -0.2) is 0 Å². The summed E-state index contributed by atoms with van der Waals surface area (Å²) in [6, 6.07) is 6.97. The number of aryl methyl sites for hydroxylation is 1. The van der Waals surface area contributed by atoms with Crippen LogP contribution in [0.25, 0.3) is 10.1 Å². The third-order valence-corrected chi connectivity index (χ3v) is 4.84. The van der Waals surface area contributed by atoms with Crippen molar-refractivity contribution in [2.45, 2.75) is 32.1 Å². The van der Waals surface area contributed by atoms with E-state index in [0.717, 1.165) is 12.3 Å². The van der Waals surface area contributed by atoms with Gasteiger partial charge in [0.25, 0.3) is 0 Å². The molecule has 0 spiro atoms. The Hall–Kier alpha value is -0.860. The van der Waals surface area contributed by atoms with Crippen LogP contribution in [0.5, 0.6) is 0 Å². The minimum absolute atomic E-state index is 0.775. The molecular formula is C15H19NS. The van der Waals surface area contributed by atoms with Crippen LogP contribution in [0.1, 0.15) is 36.8 Å². The van der Waals surface area contributed by atoms with E-state index in [1.807, 2.05) is 11.3 Å². The van der Waals surface area contributed by atoms with E-state index in [9.17, 15) is 0 Å². The molecule has 17 heavy (non-hydrogen) atoms. The molecule has 2 aromatic rings. The molecule has 0 saturated carbocycles. The van der Waals surface area contributed by atoms with Crippen molar-refractivity contribution >= 4 is 21.4 Å². The van der Waals surface area contributed by atoms with E-state index in [4.69, 9.17) is 0 Å². The molecule has 0 amide bonds. The standard InChI is InChI=1S/C15H19NS/c1-2-11-3-4-15-13(9-11)14(10-17-15)12-5-7-16-8-6-12/h3-4,9-10,12,16H,2,5-8H2,1H3. The molecule has 0 unspecified atom stereocenters. The predicted molar refractivity (Wildman–Crippen MR) is 76.0 cm³/mol. The summed E-state index contributed by atoms with van der Waals surface area (Å²) in [5.41, 5.74) is 3.06. The van der Waals surface area contributed by atoms with Gasteiger partial charge in [0.1, 0.15) is 0 Å². The maximum absolute atomic E-state index is 3.45. The summed E-state index contributed by atoms with van der Waals surface area (Å²) in [6.07, 6.45) is 3.72. The number of benzene rings is 1. The highest BCUT2D eigenvalue weighted by Crippen LogP contribution is 2.36. The second-order valence-electron chi connectivity index (χ2n) is 4.90. The van der Waals surface area contributed by atoms with Gasteiger partial charge in [-0.2, -0.15) is 0 Å². The fourth-order valence-corrected chi connectivity index (χ4v) is 3.79. The van der Waals surface area contributed by atoms with Crippen LogP contribution >= 0.6 is 11.3 Å². The van der Waals surface area contributed by atoms with Crippen LogP contribution in [0.15, 0.2) is 23.6 Å². The number of rotatable bonds is 2. The van der Waals surface area contributed by atoms with E-state index < -0.39 is 0 Å². The summed E-state index contributed by atoms with van der Waals surface area (Å²) >= 11 is 1.91. The van der Waals surface area contributed by atoms with Gasteiger partial charge in [-0.15, -0.1) is 11.3 Å². The van der Waals surface area contributed by atoms with E-state index in [2.05, 4.69) is 35.8 Å². The first-order valence-corrected chi connectivity index (χ1v) is 7.47. The van der Waals surface area contributed by atoms with E-state index in [1.165, 1.54) is 41.6 Å². The average Bonchev–Trinajstić information content (AvgIpc) is 2.82. The number of piperidine rings is 1. The highest BCUT2D eigenvalue weighted by atomic mass is 32.1. The SMILES string of the molecule is CCc1ccc2scc(C3CCNCC3)c2c1. The Morgan fingerprint density at radius 2 is 2.12 bits per heavy atom. The Labute approximate surface area is 107 Å². The van der Waals surface area contributed by atoms with E-state index in [0.29, 0.717) is 0 Å². The van der Waals surface area contributed by atoms with E-state index in [1.54, 1.807) is 5.56 Å². The van der Waals surface area contributed by atoms with Crippen molar-refractivity contribution in [2.24, 2.45) is 0 Å². The van der Waals surface area contributed by atoms with Crippen molar-refractivity contribution in [1.29, 1.82) is 0 Å². The largest absolute Gasteiger partial charge is 0.317 e. The number of fused-ring (bicyclic) bond motifs is 1. The van der Waals surface area contributed by atoms with Crippen molar-refractivity contribution in [3.05, 3.63) is 34.7 Å². The first kappa shape index (κ1) is 11.2. The van der Waals surface area contributed by atoms with E-state index in [-0.39, 0.29) is 0 Å². The summed E-state index contributed by atoms with van der Waals surface area (Å²) in [4.78, 5) is 0. The second kappa shape index (κ2) is 4.79. The van der Waals surface area contributed by atoms with Gasteiger partial charge < -0.3 is 5.32 Å². The van der Waals surface area contributed by atoms with E-state index >= 15 is 0 Å². The van der Waals surface area contributed by atoms with Gasteiger partial charge in [-0.1, -0.05) is 19.1 Å². The third-order valence-electron chi connectivity index (χ3n) is 3.86. The quantitative estimate of drug-likeness (QED) is 0.845. The Balaban J connectivity index is 2.02. The normalized spacial score (nSPS) is 17.7. The predicted octanol–water partition coefficient (Wildman–Crippen LogP) is 3.93. The maximum Gasteiger partial charge on any atom is 0.0345 e. The van der Waals surface area contributed by atoms with Gasteiger partial charge in [0.15, 0.2) is 0 Å². The van der Waals surface area contributed by atoms with Gasteiger partial charge in [0.05, 0.1) is 0 Å². The average molecular weight is 245 g/mol. The minimum atomic E-state index is 0.775. The smallest absolute Gasteiger partial charge is 0.0345 e. The summed E-state index contributed by atoms with van der Waals surface area (Å²) in [7, 11) is 0. The summed E-state index contributed by atoms with van der Waals surface area (Å²) in [6.45, 7) is 4.59. The first-order valence-electron chi connectivity index (χ1n) is 6.59. The second-order valence-corrected chi connectivity index (χ2v) is 5.81. The van der Waals surface area contributed by atoms with Crippen molar-refractivity contribution in [1.82, 2.24) is 5.32 Å². The molecule has 3 rings (SSSR count). The molecule has 1 fully saturated rings. The molecule has 0 bridgehead atoms. The van der Waals surface area contributed by atoms with Gasteiger partial charge in [0.2, 0.25) is 0 Å². The van der Waals surface area contributed by atoms with Crippen molar-refractivity contribution in [2.75, 3.05) is 13.1 Å². The van der Waals surface area contributed by atoms with Crippen molar-refractivity contribution in [3.8, 4) is 0 Å². The summed E-state index contributed by atoms with van der Waals surface area (Å²) in [5.74, 6) is 0.775. The molecule has 1 aromatic carbocycles. The van der Waals surface area contributed by atoms with Crippen LogP contribution < -0.4 is 5.32 Å². The molecule has 1 N–H and O–H groups in total. The molecule has 1 aliphatic rings. The highest BCUT2D eigenvalue weighted by Gasteiger charge is 2.18. The first-order chi connectivity index (χ1) is 8.38. The molecule has 2 heterocycles. The molecule has 90 valence electrons. The van der Waals surface area contributed by atoms with Crippen LogP contribution in [0.2, 0.25) is 0 Å². The number of hydrogen-bond acceptors (Lipinski definition) is 2. The molecular weight excluding hydrogens is 226 g/mol. The lowest BCUT2D eigenvalue weighted by molar-refractivity contribution is 0.463. The topological polar surface area (TPSA) is 12.0 Å². The number of thiophene rings is 1. The molecule has 1 aliphatic heterocycles. The van der Waals surface area contributed by atoms with Gasteiger partial charge >= 0.3 is 0 Å². The molecule has 2 heteroatoms. The lowest BCUT2D eigenvalue weighted by atomic mass is 9.89. The van der Waals surface area contributed by atoms with Gasteiger partial charge in [-0.05, 0) is 66.2 Å². The third kappa shape index (κ3) is 2.12. The van der Waals surface area contributed by atoms with Crippen molar-refractivity contribution < 1.29 is 0 Å². The van der Waals surface area contributed by atoms with Crippen LogP contribution in [-0.4, -0.2) is 13.1 Å². The monoisotopic (exact) mass is 245 g/mol. The Morgan fingerprint density at radius 1 is 1.29 bits per heavy atom. The molecule has 1 saturated heterocycles. The lowest BCUT2D eigenvalue weighted by Gasteiger charge is -2.22. The van der Waals surface area contributed by atoms with Gasteiger partial charge in [0, 0.05) is 4.70 Å². The molecule has 1 aromatic heterocycles. The molecule has 0 aliphatic carbocycles. The number of hydrogen-bond donors (Lipinski definition) is 1.